The minimum absolute atomic E-state index is 0.0689. The van der Waals surface area contributed by atoms with E-state index in [9.17, 15) is 9.59 Å². The van der Waals surface area contributed by atoms with Gasteiger partial charge < -0.3 is 9.80 Å². The van der Waals surface area contributed by atoms with Gasteiger partial charge in [-0.2, -0.15) is 0 Å². The summed E-state index contributed by atoms with van der Waals surface area (Å²) in [5.41, 5.74) is 1.76. The molecule has 27 heavy (non-hydrogen) atoms. The predicted molar refractivity (Wildman–Crippen MR) is 106 cm³/mol. The maximum atomic E-state index is 13.1. The Morgan fingerprint density at radius 1 is 1.30 bits per heavy atom. The lowest BCUT2D eigenvalue weighted by molar-refractivity contribution is -0.139. The maximum absolute atomic E-state index is 13.1. The van der Waals surface area contributed by atoms with E-state index in [1.807, 2.05) is 17.0 Å². The highest BCUT2D eigenvalue weighted by molar-refractivity contribution is 5.94. The molecule has 1 aromatic heterocycles. The van der Waals surface area contributed by atoms with E-state index in [-0.39, 0.29) is 17.2 Å². The number of nitrogens with zero attached hydrogens (tertiary/aromatic N) is 3. The molecule has 2 amide bonds. The van der Waals surface area contributed by atoms with Crippen molar-refractivity contribution in [3.63, 3.8) is 0 Å². The number of rotatable bonds is 5. The van der Waals surface area contributed by atoms with Crippen LogP contribution in [0.15, 0.2) is 18.3 Å². The Hall–Kier alpha value is -1.91. The second kappa shape index (κ2) is 8.41. The van der Waals surface area contributed by atoms with Crippen LogP contribution < -0.4 is 0 Å². The fourth-order valence-corrected chi connectivity index (χ4v) is 4.42. The molecule has 3 rings (SSSR count). The Labute approximate surface area is 163 Å². The van der Waals surface area contributed by atoms with Crippen molar-refractivity contribution >= 4 is 11.8 Å². The molecular weight excluding hydrogens is 338 g/mol. The zero-order valence-electron chi connectivity index (χ0n) is 17.0. The number of amides is 2. The van der Waals surface area contributed by atoms with Gasteiger partial charge in [0, 0.05) is 55.5 Å². The van der Waals surface area contributed by atoms with E-state index in [4.69, 9.17) is 0 Å². The van der Waals surface area contributed by atoms with Gasteiger partial charge >= 0.3 is 0 Å². The fraction of sp³-hybridized carbons (Fsp3) is 0.682. The molecule has 2 aliphatic rings. The van der Waals surface area contributed by atoms with Crippen LogP contribution in [0, 0.1) is 11.3 Å². The highest BCUT2D eigenvalue weighted by Gasteiger charge is 2.42. The zero-order chi connectivity index (χ0) is 19.4. The number of pyridine rings is 1. The molecule has 1 atom stereocenters. The van der Waals surface area contributed by atoms with Gasteiger partial charge in [-0.15, -0.1) is 0 Å². The summed E-state index contributed by atoms with van der Waals surface area (Å²) in [5.74, 6) is 0.989. The smallest absolute Gasteiger partial charge is 0.253 e. The van der Waals surface area contributed by atoms with Gasteiger partial charge in [-0.05, 0) is 50.2 Å². The second-order valence-corrected chi connectivity index (χ2v) is 8.72. The molecule has 2 saturated heterocycles. The molecule has 5 heteroatoms. The molecule has 3 heterocycles. The highest BCUT2D eigenvalue weighted by atomic mass is 16.2. The molecule has 148 valence electrons. The minimum atomic E-state index is 0.0689. The van der Waals surface area contributed by atoms with Gasteiger partial charge in [0.05, 0.1) is 0 Å². The molecule has 0 aliphatic carbocycles. The van der Waals surface area contributed by atoms with Crippen LogP contribution in [0.3, 0.4) is 0 Å². The molecule has 0 aromatic carbocycles. The van der Waals surface area contributed by atoms with Gasteiger partial charge in [0.2, 0.25) is 5.91 Å². The maximum Gasteiger partial charge on any atom is 0.253 e. The zero-order valence-corrected chi connectivity index (χ0v) is 17.0. The minimum Gasteiger partial charge on any atom is -0.342 e. The van der Waals surface area contributed by atoms with Gasteiger partial charge in [0.15, 0.2) is 0 Å². The molecule has 2 aliphatic heterocycles. The molecular formula is C22H33N3O2. The van der Waals surface area contributed by atoms with Crippen molar-refractivity contribution in [2.45, 2.75) is 59.3 Å². The summed E-state index contributed by atoms with van der Waals surface area (Å²) < 4.78 is 0. The molecule has 0 N–H and O–H groups in total. The Morgan fingerprint density at radius 3 is 2.85 bits per heavy atom. The van der Waals surface area contributed by atoms with Gasteiger partial charge in [-0.25, -0.2) is 0 Å². The van der Waals surface area contributed by atoms with Crippen LogP contribution in [0.25, 0.3) is 0 Å². The van der Waals surface area contributed by atoms with Crippen molar-refractivity contribution in [2.75, 3.05) is 26.2 Å². The number of hydrogen-bond donors (Lipinski definition) is 0. The van der Waals surface area contributed by atoms with Gasteiger partial charge in [-0.1, -0.05) is 20.8 Å². The average Bonchev–Trinajstić information content (AvgIpc) is 2.68. The summed E-state index contributed by atoms with van der Waals surface area (Å²) in [7, 11) is 0. The van der Waals surface area contributed by atoms with E-state index >= 15 is 0 Å². The average molecular weight is 372 g/mol. The summed E-state index contributed by atoms with van der Waals surface area (Å²) in [6.07, 6.45) is 7.26. The third kappa shape index (κ3) is 4.69. The standard InChI is InChI=1S/C22H33N3O2/c1-4-19-14-18(7-11-23-19)21(27)25-12-5-9-22(16-25)10-6-20(26)24(15-22)13-8-17(2)3/h7,11,14,17H,4-6,8-10,12-13,15-16H2,1-3H3/t22-/m1/s1. The van der Waals surface area contributed by atoms with Crippen molar-refractivity contribution in [1.82, 2.24) is 14.8 Å². The molecule has 0 bridgehead atoms. The van der Waals surface area contributed by atoms with E-state index < -0.39 is 0 Å². The van der Waals surface area contributed by atoms with Crippen molar-refractivity contribution in [3.05, 3.63) is 29.6 Å². The number of aryl methyl sites for hydroxylation is 1. The lowest BCUT2D eigenvalue weighted by Gasteiger charge is -2.48. The largest absolute Gasteiger partial charge is 0.342 e. The Morgan fingerprint density at radius 2 is 2.11 bits per heavy atom. The topological polar surface area (TPSA) is 53.5 Å². The third-order valence-corrected chi connectivity index (χ3v) is 6.10. The van der Waals surface area contributed by atoms with Crippen LogP contribution in [0.2, 0.25) is 0 Å². The lowest BCUT2D eigenvalue weighted by atomic mass is 9.73. The van der Waals surface area contributed by atoms with E-state index in [1.54, 1.807) is 6.20 Å². The Balaban J connectivity index is 1.70. The number of carbonyl (C=O) groups excluding carboxylic acids is 2. The summed E-state index contributed by atoms with van der Waals surface area (Å²) in [5, 5.41) is 0. The molecule has 0 radical (unpaired) electrons. The third-order valence-electron chi connectivity index (χ3n) is 6.10. The van der Waals surface area contributed by atoms with Crippen LogP contribution in [0.5, 0.6) is 0 Å². The van der Waals surface area contributed by atoms with Gasteiger partial charge in [0.1, 0.15) is 0 Å². The first-order valence-corrected chi connectivity index (χ1v) is 10.4. The van der Waals surface area contributed by atoms with Gasteiger partial charge in [-0.3, -0.25) is 14.6 Å². The fourth-order valence-electron chi connectivity index (χ4n) is 4.42. The summed E-state index contributed by atoms with van der Waals surface area (Å²) in [6.45, 7) is 9.67. The molecule has 0 unspecified atom stereocenters. The number of carbonyl (C=O) groups is 2. The van der Waals surface area contributed by atoms with Crippen LogP contribution in [-0.4, -0.2) is 52.8 Å². The number of piperidine rings is 2. The molecule has 1 spiro atoms. The summed E-state index contributed by atoms with van der Waals surface area (Å²) >= 11 is 0. The molecule has 1 aromatic rings. The monoisotopic (exact) mass is 371 g/mol. The number of aromatic nitrogens is 1. The predicted octanol–water partition coefficient (Wildman–Crippen LogP) is 3.53. The summed E-state index contributed by atoms with van der Waals surface area (Å²) in [6, 6.07) is 3.74. The number of hydrogen-bond acceptors (Lipinski definition) is 3. The first kappa shape index (κ1) is 19.8. The van der Waals surface area contributed by atoms with E-state index in [0.29, 0.717) is 12.3 Å². The van der Waals surface area contributed by atoms with Crippen LogP contribution in [0.4, 0.5) is 0 Å². The van der Waals surface area contributed by atoms with Crippen molar-refractivity contribution in [3.8, 4) is 0 Å². The normalized spacial score (nSPS) is 23.3. The van der Waals surface area contributed by atoms with Crippen molar-refractivity contribution in [1.29, 1.82) is 0 Å². The van der Waals surface area contributed by atoms with E-state index in [0.717, 1.165) is 69.5 Å². The van der Waals surface area contributed by atoms with Crippen LogP contribution in [-0.2, 0) is 11.2 Å². The molecule has 2 fully saturated rings. The molecule has 0 saturated carbocycles. The first-order chi connectivity index (χ1) is 12.9. The quantitative estimate of drug-likeness (QED) is 0.795. The first-order valence-electron chi connectivity index (χ1n) is 10.4. The van der Waals surface area contributed by atoms with Crippen molar-refractivity contribution in [2.24, 2.45) is 11.3 Å². The lowest BCUT2D eigenvalue weighted by Crippen LogP contribution is -2.55. The van der Waals surface area contributed by atoms with Crippen molar-refractivity contribution < 1.29 is 9.59 Å². The second-order valence-electron chi connectivity index (χ2n) is 8.72. The Kier molecular flexibility index (Phi) is 6.18. The Bertz CT molecular complexity index is 688. The van der Waals surface area contributed by atoms with E-state index in [2.05, 4.69) is 30.7 Å². The van der Waals surface area contributed by atoms with Gasteiger partial charge in [0.25, 0.3) is 5.91 Å². The SMILES string of the molecule is CCc1cc(C(=O)N2CCC[C@]3(CCC(=O)N(CCC(C)C)C3)C2)ccn1. The van der Waals surface area contributed by atoms with E-state index in [1.165, 1.54) is 0 Å². The number of likely N-dealkylation sites (tertiary alicyclic amines) is 2. The summed E-state index contributed by atoms with van der Waals surface area (Å²) in [4.78, 5) is 33.8. The molecule has 5 nitrogen and oxygen atoms in total. The highest BCUT2D eigenvalue weighted by Crippen LogP contribution is 2.39. The van der Waals surface area contributed by atoms with Crippen LogP contribution >= 0.6 is 0 Å². The van der Waals surface area contributed by atoms with Crippen LogP contribution in [0.1, 0.15) is 68.9 Å².